The van der Waals surface area contributed by atoms with E-state index in [2.05, 4.69) is 58.5 Å². The summed E-state index contributed by atoms with van der Waals surface area (Å²) in [5.74, 6) is 1.85. The van der Waals surface area contributed by atoms with Gasteiger partial charge in [-0.05, 0) is 37.1 Å². The Balaban J connectivity index is 1.56. The average molecular weight is 318 g/mol. The lowest BCUT2D eigenvalue weighted by atomic mass is 10.0. The molecule has 1 fully saturated rings. The number of hydrogen-bond acceptors (Lipinski definition) is 3. The van der Waals surface area contributed by atoms with E-state index < -0.39 is 0 Å². The number of aromatic nitrogens is 3. The minimum atomic E-state index is 0.857. The maximum absolute atomic E-state index is 4.76. The minimum Gasteiger partial charge on any atom is -0.296 e. The van der Waals surface area contributed by atoms with Gasteiger partial charge in [0.2, 0.25) is 0 Å². The van der Waals surface area contributed by atoms with Gasteiger partial charge in [-0.25, -0.2) is 9.67 Å². The van der Waals surface area contributed by atoms with Crippen LogP contribution < -0.4 is 0 Å². The smallest absolute Gasteiger partial charge is 0.165 e. The molecule has 0 aliphatic carbocycles. The molecular weight excluding hydrogens is 296 g/mol. The van der Waals surface area contributed by atoms with E-state index in [1.165, 1.54) is 37.1 Å². The number of likely N-dealkylation sites (tertiary alicyclic amines) is 1. The molecule has 0 radical (unpaired) electrons. The van der Waals surface area contributed by atoms with Crippen molar-refractivity contribution in [1.82, 2.24) is 19.7 Å². The van der Waals surface area contributed by atoms with Gasteiger partial charge in [-0.15, -0.1) is 0 Å². The number of aryl methyl sites for hydroxylation is 1. The van der Waals surface area contributed by atoms with Crippen molar-refractivity contribution in [1.29, 1.82) is 0 Å². The Morgan fingerprint density at radius 3 is 2.17 bits per heavy atom. The first-order valence-electron chi connectivity index (χ1n) is 8.58. The molecule has 0 N–H and O–H groups in total. The third kappa shape index (κ3) is 3.10. The molecule has 0 unspecified atom stereocenters. The van der Waals surface area contributed by atoms with Gasteiger partial charge in [0, 0.05) is 12.6 Å². The molecule has 4 rings (SSSR count). The van der Waals surface area contributed by atoms with Crippen LogP contribution in [0.1, 0.15) is 18.7 Å². The summed E-state index contributed by atoms with van der Waals surface area (Å²) in [7, 11) is 1.97. The third-order valence-corrected chi connectivity index (χ3v) is 4.62. The summed E-state index contributed by atoms with van der Waals surface area (Å²) in [5.41, 5.74) is 3.56. The lowest BCUT2D eigenvalue weighted by Gasteiger charge is -2.10. The van der Waals surface area contributed by atoms with Gasteiger partial charge in [0.15, 0.2) is 11.6 Å². The molecule has 1 aliphatic rings. The van der Waals surface area contributed by atoms with Crippen molar-refractivity contribution in [2.75, 3.05) is 13.1 Å². The number of rotatable bonds is 4. The van der Waals surface area contributed by atoms with E-state index in [1.807, 2.05) is 17.8 Å². The molecule has 0 bridgehead atoms. The summed E-state index contributed by atoms with van der Waals surface area (Å²) in [5, 5.41) is 4.59. The van der Waals surface area contributed by atoms with Gasteiger partial charge in [0.1, 0.15) is 0 Å². The van der Waals surface area contributed by atoms with Gasteiger partial charge in [0.05, 0.1) is 6.54 Å². The molecule has 122 valence electrons. The second-order valence-electron chi connectivity index (χ2n) is 6.40. The molecule has 0 atom stereocenters. The Morgan fingerprint density at radius 2 is 1.46 bits per heavy atom. The van der Waals surface area contributed by atoms with Gasteiger partial charge in [-0.3, -0.25) is 4.90 Å². The van der Waals surface area contributed by atoms with Gasteiger partial charge >= 0.3 is 0 Å². The number of nitrogens with zero attached hydrogens (tertiary/aromatic N) is 4. The van der Waals surface area contributed by atoms with Gasteiger partial charge < -0.3 is 0 Å². The third-order valence-electron chi connectivity index (χ3n) is 4.62. The highest BCUT2D eigenvalue weighted by atomic mass is 15.3. The van der Waals surface area contributed by atoms with Crippen molar-refractivity contribution in [3.8, 4) is 22.5 Å². The van der Waals surface area contributed by atoms with Gasteiger partial charge in [0.25, 0.3) is 0 Å². The molecule has 2 aromatic carbocycles. The molecule has 4 nitrogen and oxygen atoms in total. The number of hydrogen-bond donors (Lipinski definition) is 0. The monoisotopic (exact) mass is 318 g/mol. The van der Waals surface area contributed by atoms with Crippen LogP contribution in [0.4, 0.5) is 0 Å². The van der Waals surface area contributed by atoms with Crippen LogP contribution in [0.3, 0.4) is 0 Å². The summed E-state index contributed by atoms with van der Waals surface area (Å²) < 4.78 is 1.89. The van der Waals surface area contributed by atoms with Crippen molar-refractivity contribution in [3.63, 3.8) is 0 Å². The first kappa shape index (κ1) is 15.1. The van der Waals surface area contributed by atoms with Crippen molar-refractivity contribution < 1.29 is 0 Å². The molecule has 1 saturated heterocycles. The van der Waals surface area contributed by atoms with E-state index in [1.54, 1.807) is 0 Å². The zero-order valence-corrected chi connectivity index (χ0v) is 14.0. The molecule has 24 heavy (non-hydrogen) atoms. The predicted molar refractivity (Wildman–Crippen MR) is 96.4 cm³/mol. The van der Waals surface area contributed by atoms with E-state index >= 15 is 0 Å². The second kappa shape index (κ2) is 6.57. The van der Waals surface area contributed by atoms with E-state index in [0.29, 0.717) is 0 Å². The molecule has 1 aliphatic heterocycles. The van der Waals surface area contributed by atoms with Crippen LogP contribution in [0.25, 0.3) is 22.5 Å². The Hall–Kier alpha value is -2.46. The molecule has 2 heterocycles. The normalized spacial score (nSPS) is 15.0. The van der Waals surface area contributed by atoms with Crippen LogP contribution in [-0.2, 0) is 13.6 Å². The molecule has 0 spiro atoms. The highest BCUT2D eigenvalue weighted by molar-refractivity contribution is 5.67. The van der Waals surface area contributed by atoms with Crippen LogP contribution in [-0.4, -0.2) is 32.8 Å². The summed E-state index contributed by atoms with van der Waals surface area (Å²) in [6.07, 6.45) is 2.58. The maximum Gasteiger partial charge on any atom is 0.165 e. The van der Waals surface area contributed by atoms with Crippen molar-refractivity contribution in [2.24, 2.45) is 7.05 Å². The summed E-state index contributed by atoms with van der Waals surface area (Å²) in [6, 6.07) is 19.0. The fraction of sp³-hybridized carbons (Fsp3) is 0.300. The summed E-state index contributed by atoms with van der Waals surface area (Å²) in [4.78, 5) is 7.18. The quantitative estimate of drug-likeness (QED) is 0.735. The molecule has 4 heteroatoms. The standard InChI is InChI=1S/C20H22N4/c1-23-20(21-19(22-23)15-24-13-5-6-14-24)18-11-9-17(10-12-18)16-7-3-2-4-8-16/h2-4,7-12H,5-6,13-15H2,1H3. The summed E-state index contributed by atoms with van der Waals surface area (Å²) >= 11 is 0. The largest absolute Gasteiger partial charge is 0.296 e. The molecule has 0 amide bonds. The minimum absolute atomic E-state index is 0.857. The zero-order valence-electron chi connectivity index (χ0n) is 14.0. The van der Waals surface area contributed by atoms with Crippen LogP contribution in [0.2, 0.25) is 0 Å². The molecule has 1 aromatic heterocycles. The molecular formula is C20H22N4. The van der Waals surface area contributed by atoms with E-state index in [4.69, 9.17) is 4.98 Å². The first-order valence-corrected chi connectivity index (χ1v) is 8.58. The van der Waals surface area contributed by atoms with Crippen molar-refractivity contribution >= 4 is 0 Å². The van der Waals surface area contributed by atoms with Crippen molar-refractivity contribution in [2.45, 2.75) is 19.4 Å². The van der Waals surface area contributed by atoms with Crippen LogP contribution in [0, 0.1) is 0 Å². The topological polar surface area (TPSA) is 34.0 Å². The lowest BCUT2D eigenvalue weighted by Crippen LogP contribution is -2.19. The van der Waals surface area contributed by atoms with E-state index in [-0.39, 0.29) is 0 Å². The van der Waals surface area contributed by atoms with Crippen molar-refractivity contribution in [3.05, 3.63) is 60.4 Å². The number of benzene rings is 2. The first-order chi connectivity index (χ1) is 11.8. The van der Waals surface area contributed by atoms with Gasteiger partial charge in [-0.2, -0.15) is 5.10 Å². The second-order valence-corrected chi connectivity index (χ2v) is 6.40. The zero-order chi connectivity index (χ0) is 16.4. The highest BCUT2D eigenvalue weighted by Gasteiger charge is 2.16. The Bertz CT molecular complexity index is 799. The van der Waals surface area contributed by atoms with Crippen LogP contribution >= 0.6 is 0 Å². The fourth-order valence-corrected chi connectivity index (χ4v) is 3.34. The fourth-order valence-electron chi connectivity index (χ4n) is 3.34. The highest BCUT2D eigenvalue weighted by Crippen LogP contribution is 2.24. The average Bonchev–Trinajstić information content (AvgIpc) is 3.26. The van der Waals surface area contributed by atoms with E-state index in [9.17, 15) is 0 Å². The Kier molecular flexibility index (Phi) is 4.13. The van der Waals surface area contributed by atoms with Crippen LogP contribution in [0.5, 0.6) is 0 Å². The Morgan fingerprint density at radius 1 is 0.833 bits per heavy atom. The van der Waals surface area contributed by atoms with E-state index in [0.717, 1.165) is 23.8 Å². The summed E-state index contributed by atoms with van der Waals surface area (Å²) in [6.45, 7) is 3.19. The van der Waals surface area contributed by atoms with Gasteiger partial charge in [-0.1, -0.05) is 54.6 Å². The molecule has 3 aromatic rings. The van der Waals surface area contributed by atoms with Crippen LogP contribution in [0.15, 0.2) is 54.6 Å². The lowest BCUT2D eigenvalue weighted by molar-refractivity contribution is 0.322. The predicted octanol–water partition coefficient (Wildman–Crippen LogP) is 3.74. The Labute approximate surface area is 142 Å². The maximum atomic E-state index is 4.76. The SMILES string of the molecule is Cn1nc(CN2CCCC2)nc1-c1ccc(-c2ccccc2)cc1. The molecule has 0 saturated carbocycles.